The summed E-state index contributed by atoms with van der Waals surface area (Å²) in [5.74, 6) is 0. The van der Waals surface area contributed by atoms with Gasteiger partial charge < -0.3 is 0 Å². The first-order chi connectivity index (χ1) is 19.8. The van der Waals surface area contributed by atoms with Gasteiger partial charge in [0.2, 0.25) is 0 Å². The number of nitrogens with zero attached hydrogens (tertiary/aromatic N) is 3. The summed E-state index contributed by atoms with van der Waals surface area (Å²) in [5.41, 5.74) is 0. The minimum atomic E-state index is -0.534. The van der Waals surface area contributed by atoms with Crippen LogP contribution in [-0.4, -0.2) is 50.6 Å². The molecule has 9 heteroatoms. The molecule has 1 heterocycles. The van der Waals surface area contributed by atoms with Crippen molar-refractivity contribution in [2.24, 2.45) is 0 Å². The molecule has 0 radical (unpaired) electrons. The molecule has 6 nitrogen and oxygen atoms in total. The van der Waals surface area contributed by atoms with Crippen LogP contribution in [0.1, 0.15) is 161 Å². The van der Waals surface area contributed by atoms with Crippen molar-refractivity contribution in [1.29, 1.82) is 0 Å². The zero-order chi connectivity index (χ0) is 27.1. The second kappa shape index (κ2) is 15.9. The molecule has 0 amide bonds. The topological polar surface area (TPSA) is 45.8 Å². The SMILES string of the molecule is CN(P(NC1CCCCC1)NC1CCCCC1)P1N(C2CCCCC2)P(NC2CCCCC2)N1C1CCCCC1. The van der Waals surface area contributed by atoms with Gasteiger partial charge in [-0.15, -0.1) is 0 Å². The molecule has 5 saturated carbocycles. The zero-order valence-corrected chi connectivity index (χ0v) is 28.4. The molecule has 40 heavy (non-hydrogen) atoms. The summed E-state index contributed by atoms with van der Waals surface area (Å²) in [6.45, 7) is 0. The minimum Gasteiger partial charge on any atom is -0.268 e. The van der Waals surface area contributed by atoms with Crippen LogP contribution in [0.2, 0.25) is 0 Å². The van der Waals surface area contributed by atoms with E-state index in [0.717, 1.165) is 18.1 Å². The number of nitrogens with one attached hydrogen (secondary N) is 3. The van der Waals surface area contributed by atoms with Crippen LogP contribution < -0.4 is 15.3 Å². The first kappa shape index (κ1) is 31.0. The van der Waals surface area contributed by atoms with E-state index in [4.69, 9.17) is 0 Å². The van der Waals surface area contributed by atoms with Crippen LogP contribution in [0.5, 0.6) is 0 Å². The third-order valence-corrected chi connectivity index (χ3v) is 19.6. The lowest BCUT2D eigenvalue weighted by atomic mass is 9.96. The maximum absolute atomic E-state index is 4.41. The van der Waals surface area contributed by atoms with Gasteiger partial charge in [0, 0.05) is 30.2 Å². The molecule has 0 aromatic carbocycles. The Morgan fingerprint density at radius 1 is 0.500 bits per heavy atom. The predicted molar refractivity (Wildman–Crippen MR) is 176 cm³/mol. The van der Waals surface area contributed by atoms with Gasteiger partial charge in [0.25, 0.3) is 0 Å². The van der Waals surface area contributed by atoms with E-state index in [9.17, 15) is 0 Å². The van der Waals surface area contributed by atoms with Crippen LogP contribution in [0.3, 0.4) is 0 Å². The van der Waals surface area contributed by atoms with E-state index in [1.807, 2.05) is 0 Å². The van der Waals surface area contributed by atoms with Crippen LogP contribution in [-0.2, 0) is 0 Å². The van der Waals surface area contributed by atoms with Crippen LogP contribution in [0, 0.1) is 0 Å². The Morgan fingerprint density at radius 2 is 0.850 bits per heavy atom. The van der Waals surface area contributed by atoms with E-state index in [1.54, 1.807) is 0 Å². The molecule has 6 fully saturated rings. The van der Waals surface area contributed by atoms with Crippen LogP contribution in [0.25, 0.3) is 0 Å². The van der Waals surface area contributed by atoms with Crippen LogP contribution in [0.4, 0.5) is 0 Å². The molecule has 0 unspecified atom stereocenters. The molecule has 3 N–H and O–H groups in total. The summed E-state index contributed by atoms with van der Waals surface area (Å²) in [6, 6.07) is 3.77. The molecule has 0 bridgehead atoms. The fourth-order valence-corrected chi connectivity index (χ4v) is 18.5. The molecule has 1 saturated heterocycles. The predicted octanol–water partition coefficient (Wildman–Crippen LogP) is 9.65. The van der Waals surface area contributed by atoms with Crippen molar-refractivity contribution in [2.75, 3.05) is 7.05 Å². The fraction of sp³-hybridized carbons (Fsp3) is 1.00. The van der Waals surface area contributed by atoms with Crippen molar-refractivity contribution < 1.29 is 0 Å². The van der Waals surface area contributed by atoms with Gasteiger partial charge in [-0.1, -0.05) is 96.3 Å². The van der Waals surface area contributed by atoms with E-state index in [0.29, 0.717) is 12.1 Å². The highest BCUT2D eigenvalue weighted by atomic mass is 31.3. The van der Waals surface area contributed by atoms with Crippen molar-refractivity contribution in [3.8, 4) is 0 Å². The van der Waals surface area contributed by atoms with Gasteiger partial charge in [-0.25, -0.2) is 13.3 Å². The number of hydrogen-bond donors (Lipinski definition) is 3. The Kier molecular flexibility index (Phi) is 12.3. The van der Waals surface area contributed by atoms with Crippen molar-refractivity contribution in [2.45, 2.75) is 191 Å². The lowest BCUT2D eigenvalue weighted by Crippen LogP contribution is -2.56. The normalized spacial score (nSPS) is 32.2. The molecule has 0 spiro atoms. The van der Waals surface area contributed by atoms with Gasteiger partial charge in [-0.05, 0) is 71.3 Å². The summed E-state index contributed by atoms with van der Waals surface area (Å²) in [5, 5.41) is 13.1. The largest absolute Gasteiger partial charge is 0.268 e. The van der Waals surface area contributed by atoms with Gasteiger partial charge in [-0.3, -0.25) is 15.3 Å². The van der Waals surface area contributed by atoms with Gasteiger partial charge >= 0.3 is 0 Å². The molecule has 230 valence electrons. The molecule has 1 aliphatic heterocycles. The van der Waals surface area contributed by atoms with E-state index in [-0.39, 0.29) is 8.37 Å². The van der Waals surface area contributed by atoms with Crippen molar-refractivity contribution in [3.05, 3.63) is 0 Å². The van der Waals surface area contributed by atoms with Gasteiger partial charge in [0.1, 0.15) is 25.1 Å². The van der Waals surface area contributed by atoms with Crippen molar-refractivity contribution >= 4 is 25.1 Å². The highest BCUT2D eigenvalue weighted by molar-refractivity contribution is 7.84. The first-order valence-corrected chi connectivity index (χ1v) is 21.5. The monoisotopic (exact) mass is 610 g/mol. The quantitative estimate of drug-likeness (QED) is 0.214. The Bertz CT molecular complexity index is 687. The minimum absolute atomic E-state index is 0.370. The molecule has 6 aliphatic rings. The van der Waals surface area contributed by atoms with E-state index < -0.39 is 16.7 Å². The highest BCUT2D eigenvalue weighted by Gasteiger charge is 2.57. The Labute approximate surface area is 251 Å². The number of rotatable bonds is 10. The smallest absolute Gasteiger partial charge is 0.137 e. The molecule has 0 aromatic rings. The summed E-state index contributed by atoms with van der Waals surface area (Å²) >= 11 is 0. The molecule has 0 aromatic heterocycles. The van der Waals surface area contributed by atoms with Gasteiger partial charge in [-0.2, -0.15) is 0 Å². The van der Waals surface area contributed by atoms with E-state index in [2.05, 4.69) is 35.6 Å². The summed E-state index contributed by atoms with van der Waals surface area (Å²) < 4.78 is 9.22. The van der Waals surface area contributed by atoms with E-state index in [1.165, 1.54) is 161 Å². The first-order valence-electron chi connectivity index (χ1n) is 17.8. The third-order valence-electron chi connectivity index (χ3n) is 10.8. The Balaban J connectivity index is 1.26. The second-order valence-corrected chi connectivity index (χ2v) is 20.4. The summed E-state index contributed by atoms with van der Waals surface area (Å²) in [7, 11) is 1.22. The summed E-state index contributed by atoms with van der Waals surface area (Å²) in [6.07, 6.45) is 35.6. The molecular formula is C31H61N6P3. The van der Waals surface area contributed by atoms with Gasteiger partial charge in [0.05, 0.1) is 0 Å². The van der Waals surface area contributed by atoms with Crippen molar-refractivity contribution in [3.63, 3.8) is 0 Å². The second-order valence-electron chi connectivity index (χ2n) is 14.0. The lowest BCUT2D eigenvalue weighted by Gasteiger charge is -2.65. The highest BCUT2D eigenvalue weighted by Crippen LogP contribution is 2.81. The van der Waals surface area contributed by atoms with Gasteiger partial charge in [0.15, 0.2) is 0 Å². The average Bonchev–Trinajstić information content (AvgIpc) is 3.01. The molecule has 5 aliphatic carbocycles. The fourth-order valence-electron chi connectivity index (χ4n) is 8.41. The maximum atomic E-state index is 4.41. The van der Waals surface area contributed by atoms with E-state index >= 15 is 0 Å². The molecule has 6 rings (SSSR count). The standard InChI is InChI=1S/C31H61N6P3/c1-35(38(32-27-17-7-2-8-18-27)33-28-19-9-3-10-20-28)40-36(30-23-13-5-14-24-30)39(34-29-21-11-4-12-22-29)37(40)31-25-15-6-16-26-31/h27-34H,2-26H2,1H3. The lowest BCUT2D eigenvalue weighted by molar-refractivity contribution is 0.260. The molecular weight excluding hydrogens is 549 g/mol. The number of hydrogen-bond acceptors (Lipinski definition) is 6. The maximum Gasteiger partial charge on any atom is 0.137 e. The van der Waals surface area contributed by atoms with Crippen LogP contribution in [0.15, 0.2) is 0 Å². The Morgan fingerprint density at radius 3 is 1.25 bits per heavy atom. The van der Waals surface area contributed by atoms with Crippen LogP contribution >= 0.6 is 25.1 Å². The molecule has 0 atom stereocenters. The third kappa shape index (κ3) is 7.82. The average molecular weight is 611 g/mol. The summed E-state index contributed by atoms with van der Waals surface area (Å²) in [4.78, 5) is 0. The zero-order valence-electron chi connectivity index (χ0n) is 25.7. The Hall–Kier alpha value is 1.05. The van der Waals surface area contributed by atoms with Crippen molar-refractivity contribution in [1.82, 2.24) is 28.6 Å².